The van der Waals surface area contributed by atoms with E-state index in [0.717, 1.165) is 18.9 Å². The fourth-order valence-corrected chi connectivity index (χ4v) is 2.42. The van der Waals surface area contributed by atoms with Crippen LogP contribution in [0.5, 0.6) is 0 Å². The first-order chi connectivity index (χ1) is 11.2. The van der Waals surface area contributed by atoms with Gasteiger partial charge in [0.05, 0.1) is 0 Å². The summed E-state index contributed by atoms with van der Waals surface area (Å²) in [5.41, 5.74) is 0. The third-order valence-corrected chi connectivity index (χ3v) is 3.78. The lowest BCUT2D eigenvalue weighted by molar-refractivity contribution is -0.131. The molecule has 0 amide bonds. The second kappa shape index (κ2) is 16.9. The fraction of sp³-hybridized carbons (Fsp3) is 0.650. The molecule has 2 N–H and O–H groups in total. The Morgan fingerprint density at radius 2 is 1.22 bits per heavy atom. The molecule has 0 aromatic rings. The number of carboxylic acid groups (broad SMARTS) is 1. The molecule has 3 nitrogen and oxygen atoms in total. The summed E-state index contributed by atoms with van der Waals surface area (Å²) in [6.45, 7) is 2.25. The molecule has 3 heteroatoms. The van der Waals surface area contributed by atoms with Crippen molar-refractivity contribution >= 4 is 5.97 Å². The Labute approximate surface area is 141 Å². The second-order valence-corrected chi connectivity index (χ2v) is 6.01. The highest BCUT2D eigenvalue weighted by Crippen LogP contribution is 2.12. The van der Waals surface area contributed by atoms with E-state index in [4.69, 9.17) is 5.11 Å². The number of carbonyl (C=O) groups is 1. The lowest BCUT2D eigenvalue weighted by Gasteiger charge is -2.01. The quantitative estimate of drug-likeness (QED) is 0.160. The van der Waals surface area contributed by atoms with Crippen LogP contribution in [0.25, 0.3) is 0 Å². The van der Waals surface area contributed by atoms with Gasteiger partial charge in [0.25, 0.3) is 0 Å². The number of hydrogen-bond acceptors (Lipinski definition) is 2. The standard InChI is InChI=1S/C20H34O3/c1-2-3-4-5-6-7-8-9-10-11-12-13-16-19(21)17-14-15-18-20(22)23/h14-18,21H,2-13H2,1H3,(H,22,23)/b17-14+,18-15+,19-16-. The van der Waals surface area contributed by atoms with Crippen LogP contribution in [-0.2, 0) is 4.79 Å². The molecule has 0 unspecified atom stereocenters. The SMILES string of the molecule is CCCCCCCCCCCCC/C=C(O)/C=C/C=C/C(=O)O. The summed E-state index contributed by atoms with van der Waals surface area (Å²) in [6.07, 6.45) is 22.6. The number of aliphatic carboxylic acids is 1. The van der Waals surface area contributed by atoms with Gasteiger partial charge >= 0.3 is 5.97 Å². The minimum atomic E-state index is -0.987. The van der Waals surface area contributed by atoms with Crippen LogP contribution in [-0.4, -0.2) is 16.2 Å². The molecule has 0 bridgehead atoms. The van der Waals surface area contributed by atoms with E-state index >= 15 is 0 Å². The van der Waals surface area contributed by atoms with Gasteiger partial charge in [-0.3, -0.25) is 0 Å². The van der Waals surface area contributed by atoms with Crippen molar-refractivity contribution in [2.45, 2.75) is 84.0 Å². The van der Waals surface area contributed by atoms with Crippen LogP contribution in [0.2, 0.25) is 0 Å². The van der Waals surface area contributed by atoms with Gasteiger partial charge in [0.15, 0.2) is 0 Å². The average molecular weight is 322 g/mol. The van der Waals surface area contributed by atoms with Gasteiger partial charge in [-0.1, -0.05) is 83.3 Å². The molecule has 0 spiro atoms. The highest BCUT2D eigenvalue weighted by atomic mass is 16.4. The Balaban J connectivity index is 3.40. The third kappa shape index (κ3) is 18.4. The van der Waals surface area contributed by atoms with Crippen molar-refractivity contribution in [2.24, 2.45) is 0 Å². The van der Waals surface area contributed by atoms with Crippen molar-refractivity contribution in [3.63, 3.8) is 0 Å². The first-order valence-corrected chi connectivity index (χ1v) is 9.13. The zero-order valence-corrected chi connectivity index (χ0v) is 14.7. The van der Waals surface area contributed by atoms with E-state index in [0.29, 0.717) is 0 Å². The van der Waals surface area contributed by atoms with Crippen LogP contribution < -0.4 is 0 Å². The topological polar surface area (TPSA) is 57.5 Å². The molecule has 0 saturated heterocycles. The number of aliphatic hydroxyl groups is 1. The maximum absolute atomic E-state index is 10.2. The van der Waals surface area contributed by atoms with Gasteiger partial charge in [-0.25, -0.2) is 4.79 Å². The first-order valence-electron chi connectivity index (χ1n) is 9.13. The zero-order chi connectivity index (χ0) is 17.2. The van der Waals surface area contributed by atoms with E-state index in [-0.39, 0.29) is 5.76 Å². The summed E-state index contributed by atoms with van der Waals surface area (Å²) >= 11 is 0. The molecule has 0 aromatic heterocycles. The van der Waals surface area contributed by atoms with Gasteiger partial charge in [0, 0.05) is 6.08 Å². The van der Waals surface area contributed by atoms with Crippen LogP contribution in [0, 0.1) is 0 Å². The fourth-order valence-electron chi connectivity index (χ4n) is 2.42. The Morgan fingerprint density at radius 1 is 0.739 bits per heavy atom. The number of allylic oxidation sites excluding steroid dienone is 4. The minimum absolute atomic E-state index is 0.201. The van der Waals surface area contributed by atoms with Crippen LogP contribution in [0.1, 0.15) is 84.0 Å². The maximum Gasteiger partial charge on any atom is 0.328 e. The zero-order valence-electron chi connectivity index (χ0n) is 14.7. The maximum atomic E-state index is 10.2. The lowest BCUT2D eigenvalue weighted by atomic mass is 10.1. The largest absolute Gasteiger partial charge is 0.508 e. The van der Waals surface area contributed by atoms with Gasteiger partial charge in [-0.2, -0.15) is 0 Å². The van der Waals surface area contributed by atoms with E-state index in [2.05, 4.69) is 6.92 Å². The molecule has 0 rings (SSSR count). The van der Waals surface area contributed by atoms with Gasteiger partial charge in [-0.15, -0.1) is 0 Å². The van der Waals surface area contributed by atoms with Crippen LogP contribution >= 0.6 is 0 Å². The lowest BCUT2D eigenvalue weighted by Crippen LogP contribution is -1.84. The molecule has 132 valence electrons. The van der Waals surface area contributed by atoms with Gasteiger partial charge in [0.1, 0.15) is 5.76 Å². The summed E-state index contributed by atoms with van der Waals surface area (Å²) in [5, 5.41) is 18.0. The van der Waals surface area contributed by atoms with Crippen molar-refractivity contribution in [1.29, 1.82) is 0 Å². The van der Waals surface area contributed by atoms with Gasteiger partial charge in [-0.05, 0) is 25.0 Å². The third-order valence-electron chi connectivity index (χ3n) is 3.78. The average Bonchev–Trinajstić information content (AvgIpc) is 2.52. The summed E-state index contributed by atoms with van der Waals surface area (Å²) in [6, 6.07) is 0. The molecular weight excluding hydrogens is 288 g/mol. The second-order valence-electron chi connectivity index (χ2n) is 6.01. The van der Waals surface area contributed by atoms with Crippen molar-refractivity contribution in [1.82, 2.24) is 0 Å². The minimum Gasteiger partial charge on any atom is -0.508 e. The van der Waals surface area contributed by atoms with Crippen molar-refractivity contribution < 1.29 is 15.0 Å². The highest BCUT2D eigenvalue weighted by molar-refractivity contribution is 5.80. The van der Waals surface area contributed by atoms with Crippen molar-refractivity contribution in [3.8, 4) is 0 Å². The van der Waals surface area contributed by atoms with Crippen molar-refractivity contribution in [2.75, 3.05) is 0 Å². The smallest absolute Gasteiger partial charge is 0.328 e. The molecule has 0 saturated carbocycles. The number of rotatable bonds is 15. The summed E-state index contributed by atoms with van der Waals surface area (Å²) in [4.78, 5) is 10.2. The molecule has 0 aromatic carbocycles. The van der Waals surface area contributed by atoms with Crippen LogP contribution in [0.15, 0.2) is 36.1 Å². The Bertz CT molecular complexity index is 367. The summed E-state index contributed by atoms with van der Waals surface area (Å²) in [7, 11) is 0. The van der Waals surface area contributed by atoms with E-state index in [1.165, 1.54) is 82.4 Å². The van der Waals surface area contributed by atoms with Crippen LogP contribution in [0.3, 0.4) is 0 Å². The van der Waals surface area contributed by atoms with Gasteiger partial charge in [0.2, 0.25) is 0 Å². The number of unbranched alkanes of at least 4 members (excludes halogenated alkanes) is 11. The molecule has 0 aliphatic carbocycles. The molecule has 0 aliphatic heterocycles. The van der Waals surface area contributed by atoms with E-state index in [1.807, 2.05) is 0 Å². The number of carboxylic acids is 1. The van der Waals surface area contributed by atoms with Crippen molar-refractivity contribution in [3.05, 3.63) is 36.1 Å². The first kappa shape index (κ1) is 21.5. The summed E-state index contributed by atoms with van der Waals surface area (Å²) < 4.78 is 0. The van der Waals surface area contributed by atoms with E-state index in [1.54, 1.807) is 6.08 Å². The van der Waals surface area contributed by atoms with E-state index in [9.17, 15) is 9.90 Å². The number of hydrogen-bond donors (Lipinski definition) is 2. The Kier molecular flexibility index (Phi) is 15.7. The molecule has 0 heterocycles. The normalized spacial score (nSPS) is 12.5. The molecule has 23 heavy (non-hydrogen) atoms. The van der Waals surface area contributed by atoms with Crippen LogP contribution in [0.4, 0.5) is 0 Å². The Hall–Kier alpha value is -1.51. The molecule has 0 fully saturated rings. The Morgan fingerprint density at radius 3 is 1.74 bits per heavy atom. The van der Waals surface area contributed by atoms with E-state index < -0.39 is 5.97 Å². The predicted octanol–water partition coefficient (Wildman–Crippen LogP) is 6.33. The monoisotopic (exact) mass is 322 g/mol. The number of aliphatic hydroxyl groups excluding tert-OH is 1. The molecular formula is C20H34O3. The molecule has 0 atom stereocenters. The molecule has 0 aliphatic rings. The van der Waals surface area contributed by atoms with Gasteiger partial charge < -0.3 is 10.2 Å². The highest BCUT2D eigenvalue weighted by Gasteiger charge is 1.93. The molecule has 0 radical (unpaired) electrons. The predicted molar refractivity (Wildman–Crippen MR) is 97.7 cm³/mol. The summed E-state index contributed by atoms with van der Waals surface area (Å²) in [5.74, 6) is -0.786.